The molecule has 2 rings (SSSR count). The van der Waals surface area contributed by atoms with Crippen LogP contribution in [0.15, 0.2) is 36.5 Å². The van der Waals surface area contributed by atoms with Crippen molar-refractivity contribution < 1.29 is 64.6 Å². The number of hydrogen-bond donors (Lipinski definition) is 9. The number of hydrogen-bond acceptors (Lipinski definition) is 13. The molecule has 14 nitrogen and oxygen atoms in total. The van der Waals surface area contributed by atoms with E-state index in [1.54, 1.807) is 6.08 Å². The predicted molar refractivity (Wildman–Crippen MR) is 360 cm³/mol. The molecule has 2 saturated heterocycles. The second kappa shape index (κ2) is 59.0. The molecule has 0 radical (unpaired) electrons. The van der Waals surface area contributed by atoms with Gasteiger partial charge in [-0.25, -0.2) is 0 Å². The van der Waals surface area contributed by atoms with E-state index in [4.69, 9.17) is 18.9 Å². The zero-order valence-corrected chi connectivity index (χ0v) is 56.5. The molecule has 0 aromatic rings. The third-order valence-electron chi connectivity index (χ3n) is 18.3. The van der Waals surface area contributed by atoms with E-state index in [1.165, 1.54) is 257 Å². The summed E-state index contributed by atoms with van der Waals surface area (Å²) in [6.07, 6.45) is 59.6. The quantitative estimate of drug-likeness (QED) is 0.0204. The van der Waals surface area contributed by atoms with Crippen LogP contribution in [0, 0.1) is 0 Å². The van der Waals surface area contributed by atoms with Crippen LogP contribution < -0.4 is 5.32 Å². The highest BCUT2D eigenvalue weighted by atomic mass is 16.7. The van der Waals surface area contributed by atoms with E-state index in [1.807, 2.05) is 6.08 Å². The number of ether oxygens (including phenoxy) is 4. The lowest BCUT2D eigenvalue weighted by Crippen LogP contribution is -2.65. The van der Waals surface area contributed by atoms with Crippen LogP contribution in [0.3, 0.4) is 0 Å². The molecule has 14 heteroatoms. The van der Waals surface area contributed by atoms with Gasteiger partial charge in [-0.2, -0.15) is 0 Å². The molecule has 2 fully saturated rings. The Morgan fingerprint density at radius 1 is 0.398 bits per heavy atom. The Hall–Kier alpha value is -1.79. The number of unbranched alkanes of at least 4 members (excludes halogenated alkanes) is 45. The highest BCUT2D eigenvalue weighted by Crippen LogP contribution is 2.30. The Morgan fingerprint density at radius 3 is 1.11 bits per heavy atom. The van der Waals surface area contributed by atoms with Crippen LogP contribution in [0.1, 0.15) is 335 Å². The van der Waals surface area contributed by atoms with Crippen molar-refractivity contribution in [3.8, 4) is 0 Å². The number of nitrogens with one attached hydrogen (secondary N) is 1. The van der Waals surface area contributed by atoms with Crippen molar-refractivity contribution in [1.29, 1.82) is 0 Å². The summed E-state index contributed by atoms with van der Waals surface area (Å²) in [5.74, 6) is -0.247. The molecule has 0 spiro atoms. The highest BCUT2D eigenvalue weighted by Gasteiger charge is 2.51. The van der Waals surface area contributed by atoms with Crippen molar-refractivity contribution in [2.24, 2.45) is 0 Å². The first-order valence-electron chi connectivity index (χ1n) is 37.2. The fraction of sp³-hybridized carbons (Fsp3) is 0.905. The van der Waals surface area contributed by atoms with Gasteiger partial charge in [-0.3, -0.25) is 4.79 Å². The van der Waals surface area contributed by atoms with Gasteiger partial charge in [0.25, 0.3) is 0 Å². The van der Waals surface area contributed by atoms with Crippen LogP contribution in [-0.2, 0) is 23.7 Å². The van der Waals surface area contributed by atoms with Crippen LogP contribution >= 0.6 is 0 Å². The zero-order chi connectivity index (χ0) is 63.8. The van der Waals surface area contributed by atoms with E-state index < -0.39 is 86.8 Å². The highest BCUT2D eigenvalue weighted by molar-refractivity contribution is 5.76. The Balaban J connectivity index is 1.57. The summed E-state index contributed by atoms with van der Waals surface area (Å²) in [4.78, 5) is 13.3. The fourth-order valence-electron chi connectivity index (χ4n) is 12.4. The summed E-state index contributed by atoms with van der Waals surface area (Å²) in [6.45, 7) is 2.80. The van der Waals surface area contributed by atoms with Gasteiger partial charge in [0.2, 0.25) is 5.91 Å². The molecule has 12 atom stereocenters. The number of carbonyl (C=O) groups excluding carboxylic acids is 1. The Morgan fingerprint density at radius 2 is 0.727 bits per heavy atom. The van der Waals surface area contributed by atoms with Gasteiger partial charge >= 0.3 is 0 Å². The van der Waals surface area contributed by atoms with Crippen LogP contribution in [0.5, 0.6) is 0 Å². The number of allylic oxidation sites excluding steroid dienone is 5. The summed E-state index contributed by atoms with van der Waals surface area (Å²) in [5.41, 5.74) is 0. The molecule has 0 saturated carbocycles. The fourth-order valence-corrected chi connectivity index (χ4v) is 12.4. The molecule has 518 valence electrons. The number of aliphatic hydroxyl groups is 8. The molecule has 2 heterocycles. The van der Waals surface area contributed by atoms with E-state index in [2.05, 4.69) is 43.5 Å². The zero-order valence-electron chi connectivity index (χ0n) is 56.5. The molecule has 0 bridgehead atoms. The largest absolute Gasteiger partial charge is 0.394 e. The molecule has 2 aliphatic rings. The summed E-state index contributed by atoms with van der Waals surface area (Å²) in [5, 5.41) is 87.3. The van der Waals surface area contributed by atoms with Gasteiger partial charge in [0.05, 0.1) is 32.0 Å². The molecule has 0 aliphatic carbocycles. The van der Waals surface area contributed by atoms with E-state index in [0.717, 1.165) is 44.9 Å². The normalized spacial score (nSPS) is 23.3. The Kier molecular flexibility index (Phi) is 55.2. The lowest BCUT2D eigenvalue weighted by Gasteiger charge is -2.46. The second-order valence-corrected chi connectivity index (χ2v) is 26.4. The minimum Gasteiger partial charge on any atom is -0.394 e. The molecular weight excluding hydrogens is 1110 g/mol. The number of aliphatic hydroxyl groups excluding tert-OH is 8. The van der Waals surface area contributed by atoms with E-state index in [9.17, 15) is 45.6 Å². The summed E-state index contributed by atoms with van der Waals surface area (Å²) in [6, 6.07) is -0.936. The maximum atomic E-state index is 13.3. The Labute approximate surface area is 538 Å². The van der Waals surface area contributed by atoms with Gasteiger partial charge in [0.15, 0.2) is 12.6 Å². The minimum absolute atomic E-state index is 0.247. The van der Waals surface area contributed by atoms with Crippen molar-refractivity contribution in [2.45, 2.75) is 408 Å². The minimum atomic E-state index is -1.79. The Bertz CT molecular complexity index is 1620. The smallest absolute Gasteiger partial charge is 0.220 e. The lowest BCUT2D eigenvalue weighted by molar-refractivity contribution is -0.359. The van der Waals surface area contributed by atoms with E-state index in [-0.39, 0.29) is 18.9 Å². The predicted octanol–water partition coefficient (Wildman–Crippen LogP) is 15.7. The number of rotatable bonds is 62. The van der Waals surface area contributed by atoms with Crippen molar-refractivity contribution >= 4 is 5.91 Å². The SMILES string of the molecule is CCCCCCCC/C=C/CC/C=C/CC/C=C/C(O)C(COC1OC(CO)C(OC2OC(CO)C(O)C(O)C2O)C(O)C1O)NC(=O)CCCCCCCCCCCCCCCCCCCCCCCCCCCCCCCCCCCCCCCC. The average Bonchev–Trinajstić information content (AvgIpc) is 2.53. The first-order valence-corrected chi connectivity index (χ1v) is 37.2. The molecule has 88 heavy (non-hydrogen) atoms. The van der Waals surface area contributed by atoms with Crippen LogP contribution in [0.2, 0.25) is 0 Å². The molecule has 9 N–H and O–H groups in total. The monoisotopic (exact) mass is 1250 g/mol. The van der Waals surface area contributed by atoms with Gasteiger partial charge in [0.1, 0.15) is 48.8 Å². The standard InChI is InChI=1S/C74H139NO13/c1-3-5-7-9-11-13-15-17-19-21-22-23-24-25-26-27-28-29-30-31-32-33-34-35-36-37-38-39-40-41-42-44-46-48-50-52-54-56-58-66(79)75-62(63(78)57-55-53-51-49-47-45-43-20-18-16-14-12-10-8-6-4-2)61-85-73-71(84)69(82)72(65(60-77)87-73)88-74-70(83)68(81)67(80)64(59-76)86-74/h18,20,47,49,55,57,62-65,67-74,76-78,80-84H,3-17,19,21-46,48,50-54,56,58-61H2,1-2H3,(H,75,79)/b20-18+,49-47+,57-55+. The number of amides is 1. The summed E-state index contributed by atoms with van der Waals surface area (Å²) >= 11 is 0. The van der Waals surface area contributed by atoms with Gasteiger partial charge in [-0.1, -0.05) is 320 Å². The molecule has 0 aromatic heterocycles. The maximum Gasteiger partial charge on any atom is 0.220 e. The molecule has 2 aliphatic heterocycles. The molecule has 1 amide bonds. The molecular formula is C74H139NO13. The van der Waals surface area contributed by atoms with Gasteiger partial charge in [-0.05, 0) is 44.9 Å². The average molecular weight is 1250 g/mol. The van der Waals surface area contributed by atoms with E-state index >= 15 is 0 Å². The first kappa shape index (κ1) is 82.3. The molecule has 12 unspecified atom stereocenters. The van der Waals surface area contributed by atoms with Gasteiger partial charge in [0, 0.05) is 6.42 Å². The van der Waals surface area contributed by atoms with Crippen molar-refractivity contribution in [3.05, 3.63) is 36.5 Å². The topological polar surface area (TPSA) is 228 Å². The third-order valence-corrected chi connectivity index (χ3v) is 18.3. The van der Waals surface area contributed by atoms with Gasteiger partial charge in [-0.15, -0.1) is 0 Å². The lowest BCUT2D eigenvalue weighted by atomic mass is 9.97. The summed E-state index contributed by atoms with van der Waals surface area (Å²) in [7, 11) is 0. The van der Waals surface area contributed by atoms with E-state index in [0.29, 0.717) is 12.8 Å². The van der Waals surface area contributed by atoms with Gasteiger partial charge < -0.3 is 65.1 Å². The first-order chi connectivity index (χ1) is 43.1. The number of carbonyl (C=O) groups is 1. The van der Waals surface area contributed by atoms with Crippen LogP contribution in [-0.4, -0.2) is 140 Å². The second-order valence-electron chi connectivity index (χ2n) is 26.4. The maximum absolute atomic E-state index is 13.3. The van der Waals surface area contributed by atoms with Crippen LogP contribution in [0.4, 0.5) is 0 Å². The summed E-state index contributed by atoms with van der Waals surface area (Å²) < 4.78 is 22.8. The van der Waals surface area contributed by atoms with Crippen LogP contribution in [0.25, 0.3) is 0 Å². The van der Waals surface area contributed by atoms with Crippen molar-refractivity contribution in [2.75, 3.05) is 19.8 Å². The van der Waals surface area contributed by atoms with Crippen molar-refractivity contribution in [1.82, 2.24) is 5.32 Å². The van der Waals surface area contributed by atoms with Crippen molar-refractivity contribution in [3.63, 3.8) is 0 Å². The third kappa shape index (κ3) is 42.4. The molecule has 0 aromatic carbocycles.